The first-order chi connectivity index (χ1) is 7.48. The number of carbonyl (C=O) groups excluding carboxylic acids is 1. The molecule has 1 aliphatic rings. The summed E-state index contributed by atoms with van der Waals surface area (Å²) in [7, 11) is 1.66. The average Bonchev–Trinajstić information content (AvgIpc) is 2.99. The molecule has 1 aromatic rings. The molecule has 0 atom stereocenters. The van der Waals surface area contributed by atoms with Crippen molar-refractivity contribution in [3.05, 3.63) is 28.8 Å². The van der Waals surface area contributed by atoms with Crippen LogP contribution in [-0.4, -0.2) is 12.9 Å². The van der Waals surface area contributed by atoms with Crippen molar-refractivity contribution < 1.29 is 9.53 Å². The number of ketones is 1. The third kappa shape index (κ3) is 1.73. The monoisotopic (exact) mass is 218 g/mol. The fourth-order valence-electron chi connectivity index (χ4n) is 1.99. The van der Waals surface area contributed by atoms with Crippen molar-refractivity contribution in [2.24, 2.45) is 5.41 Å². The van der Waals surface area contributed by atoms with Crippen molar-refractivity contribution in [1.29, 1.82) is 0 Å². The van der Waals surface area contributed by atoms with Gasteiger partial charge in [0.05, 0.1) is 7.11 Å². The van der Waals surface area contributed by atoms with Gasteiger partial charge in [0.2, 0.25) is 0 Å². The fraction of sp³-hybridized carbons (Fsp3) is 0.500. The predicted molar refractivity (Wildman–Crippen MR) is 64.1 cm³/mol. The van der Waals surface area contributed by atoms with Gasteiger partial charge in [-0.05, 0) is 49.9 Å². The second kappa shape index (κ2) is 3.62. The molecule has 0 heterocycles. The molecule has 0 unspecified atom stereocenters. The minimum atomic E-state index is -0.0915. The number of carbonyl (C=O) groups is 1. The minimum Gasteiger partial charge on any atom is -0.496 e. The number of rotatable bonds is 3. The van der Waals surface area contributed by atoms with Crippen LogP contribution in [0, 0.1) is 19.3 Å². The zero-order valence-electron chi connectivity index (χ0n) is 10.4. The van der Waals surface area contributed by atoms with Gasteiger partial charge in [-0.25, -0.2) is 0 Å². The molecule has 2 heteroatoms. The first-order valence-corrected chi connectivity index (χ1v) is 5.68. The highest BCUT2D eigenvalue weighted by molar-refractivity contribution is 6.03. The SMILES string of the molecule is COc1cc(C)c(C(=O)C2(C)CC2)cc1C. The first kappa shape index (κ1) is 11.2. The van der Waals surface area contributed by atoms with E-state index in [4.69, 9.17) is 4.74 Å². The highest BCUT2D eigenvalue weighted by atomic mass is 16.5. The Hall–Kier alpha value is -1.31. The quantitative estimate of drug-likeness (QED) is 0.728. The summed E-state index contributed by atoms with van der Waals surface area (Å²) in [5.74, 6) is 1.14. The zero-order chi connectivity index (χ0) is 11.9. The number of aryl methyl sites for hydroxylation is 2. The lowest BCUT2D eigenvalue weighted by molar-refractivity contribution is 0.0912. The molecule has 1 saturated carbocycles. The summed E-state index contributed by atoms with van der Waals surface area (Å²) in [6.45, 7) is 6.00. The van der Waals surface area contributed by atoms with Gasteiger partial charge < -0.3 is 4.74 Å². The van der Waals surface area contributed by atoms with E-state index in [2.05, 4.69) is 0 Å². The van der Waals surface area contributed by atoms with Crippen molar-refractivity contribution in [2.45, 2.75) is 33.6 Å². The van der Waals surface area contributed by atoms with E-state index < -0.39 is 0 Å². The third-order valence-electron chi connectivity index (χ3n) is 3.53. The Bertz CT molecular complexity index is 442. The molecule has 16 heavy (non-hydrogen) atoms. The van der Waals surface area contributed by atoms with E-state index in [1.54, 1.807) is 7.11 Å². The maximum Gasteiger partial charge on any atom is 0.169 e. The van der Waals surface area contributed by atoms with Crippen molar-refractivity contribution in [3.63, 3.8) is 0 Å². The van der Waals surface area contributed by atoms with Gasteiger partial charge in [-0.15, -0.1) is 0 Å². The Labute approximate surface area is 96.6 Å². The summed E-state index contributed by atoms with van der Waals surface area (Å²) in [5.41, 5.74) is 2.81. The predicted octanol–water partition coefficient (Wildman–Crippen LogP) is 3.29. The van der Waals surface area contributed by atoms with E-state index in [1.807, 2.05) is 32.9 Å². The standard InChI is InChI=1S/C14H18O2/c1-9-8-12(16-4)10(2)7-11(9)13(15)14(3)5-6-14/h7-8H,5-6H2,1-4H3. The van der Waals surface area contributed by atoms with Gasteiger partial charge in [-0.2, -0.15) is 0 Å². The largest absolute Gasteiger partial charge is 0.496 e. The average molecular weight is 218 g/mol. The second-order valence-electron chi connectivity index (χ2n) is 5.03. The Kier molecular flexibility index (Phi) is 2.53. The van der Waals surface area contributed by atoms with Crippen LogP contribution in [0.4, 0.5) is 0 Å². The second-order valence-corrected chi connectivity index (χ2v) is 5.03. The molecule has 0 aromatic heterocycles. The van der Waals surface area contributed by atoms with Gasteiger partial charge in [0.25, 0.3) is 0 Å². The maximum absolute atomic E-state index is 12.3. The van der Waals surface area contributed by atoms with Crippen LogP contribution in [0.1, 0.15) is 41.3 Å². The molecule has 0 amide bonds. The van der Waals surface area contributed by atoms with Crippen LogP contribution in [0.2, 0.25) is 0 Å². The van der Waals surface area contributed by atoms with Gasteiger partial charge >= 0.3 is 0 Å². The summed E-state index contributed by atoms with van der Waals surface area (Å²) in [6.07, 6.45) is 2.05. The van der Waals surface area contributed by atoms with Crippen LogP contribution >= 0.6 is 0 Å². The van der Waals surface area contributed by atoms with Gasteiger partial charge in [0, 0.05) is 11.0 Å². The van der Waals surface area contributed by atoms with Crippen LogP contribution in [0.15, 0.2) is 12.1 Å². The molecule has 0 spiro atoms. The molecule has 1 aromatic carbocycles. The summed E-state index contributed by atoms with van der Waals surface area (Å²) in [5, 5.41) is 0. The normalized spacial score (nSPS) is 17.0. The molecule has 0 N–H and O–H groups in total. The lowest BCUT2D eigenvalue weighted by atomic mass is 9.92. The number of hydrogen-bond donors (Lipinski definition) is 0. The number of benzene rings is 1. The Morgan fingerprint density at radius 2 is 1.88 bits per heavy atom. The molecular weight excluding hydrogens is 200 g/mol. The summed E-state index contributed by atoms with van der Waals surface area (Å²) < 4.78 is 5.25. The molecule has 1 fully saturated rings. The van der Waals surface area contributed by atoms with Crippen LogP contribution in [-0.2, 0) is 0 Å². The lowest BCUT2D eigenvalue weighted by Gasteiger charge is -2.13. The minimum absolute atomic E-state index is 0.0915. The Balaban J connectivity index is 2.42. The fourth-order valence-corrected chi connectivity index (χ4v) is 1.99. The molecule has 0 radical (unpaired) electrons. The van der Waals surface area contributed by atoms with Gasteiger partial charge in [-0.1, -0.05) is 6.92 Å². The maximum atomic E-state index is 12.3. The van der Waals surface area contributed by atoms with Gasteiger partial charge in [0.15, 0.2) is 5.78 Å². The van der Waals surface area contributed by atoms with Crippen LogP contribution in [0.25, 0.3) is 0 Å². The van der Waals surface area contributed by atoms with E-state index in [-0.39, 0.29) is 11.2 Å². The zero-order valence-corrected chi connectivity index (χ0v) is 10.4. The highest BCUT2D eigenvalue weighted by Crippen LogP contribution is 2.48. The number of hydrogen-bond acceptors (Lipinski definition) is 2. The molecule has 0 aliphatic heterocycles. The molecule has 86 valence electrons. The van der Waals surface area contributed by atoms with E-state index >= 15 is 0 Å². The Morgan fingerprint density at radius 3 is 2.38 bits per heavy atom. The molecule has 2 nitrogen and oxygen atoms in total. The van der Waals surface area contributed by atoms with E-state index in [9.17, 15) is 4.79 Å². The topological polar surface area (TPSA) is 26.3 Å². The van der Waals surface area contributed by atoms with Gasteiger partial charge in [-0.3, -0.25) is 4.79 Å². The van der Waals surface area contributed by atoms with E-state index in [1.165, 1.54) is 0 Å². The summed E-state index contributed by atoms with van der Waals surface area (Å²) >= 11 is 0. The molecule has 0 bridgehead atoms. The van der Waals surface area contributed by atoms with Crippen molar-refractivity contribution in [1.82, 2.24) is 0 Å². The lowest BCUT2D eigenvalue weighted by Crippen LogP contribution is -2.13. The van der Waals surface area contributed by atoms with E-state index in [0.717, 1.165) is 35.3 Å². The van der Waals surface area contributed by atoms with Crippen molar-refractivity contribution in [2.75, 3.05) is 7.11 Å². The number of methoxy groups -OCH3 is 1. The van der Waals surface area contributed by atoms with Crippen molar-refractivity contribution >= 4 is 5.78 Å². The van der Waals surface area contributed by atoms with Crippen molar-refractivity contribution in [3.8, 4) is 5.75 Å². The van der Waals surface area contributed by atoms with Crippen LogP contribution < -0.4 is 4.74 Å². The van der Waals surface area contributed by atoms with Crippen LogP contribution in [0.5, 0.6) is 5.75 Å². The summed E-state index contributed by atoms with van der Waals surface area (Å²) in [4.78, 5) is 12.3. The molecule has 1 aliphatic carbocycles. The smallest absolute Gasteiger partial charge is 0.169 e. The molecular formula is C14H18O2. The summed E-state index contributed by atoms with van der Waals surface area (Å²) in [6, 6.07) is 3.91. The highest BCUT2D eigenvalue weighted by Gasteiger charge is 2.45. The molecule has 0 saturated heterocycles. The third-order valence-corrected chi connectivity index (χ3v) is 3.53. The molecule has 2 rings (SSSR count). The van der Waals surface area contributed by atoms with E-state index in [0.29, 0.717) is 0 Å². The van der Waals surface area contributed by atoms with Crippen LogP contribution in [0.3, 0.4) is 0 Å². The van der Waals surface area contributed by atoms with Gasteiger partial charge in [0.1, 0.15) is 5.75 Å². The number of Topliss-reactive ketones (excluding diaryl/α,β-unsaturated/α-hetero) is 1. The first-order valence-electron chi connectivity index (χ1n) is 5.68. The number of ether oxygens (including phenoxy) is 1. The Morgan fingerprint density at radius 1 is 1.25 bits per heavy atom.